The lowest BCUT2D eigenvalue weighted by molar-refractivity contribution is 0.420. The summed E-state index contributed by atoms with van der Waals surface area (Å²) in [5.41, 5.74) is 6.23. The number of hydrogen-bond acceptors (Lipinski definition) is 5. The van der Waals surface area contributed by atoms with Crippen molar-refractivity contribution in [3.8, 4) is 0 Å². The van der Waals surface area contributed by atoms with E-state index in [2.05, 4.69) is 37.9 Å². The van der Waals surface area contributed by atoms with Crippen molar-refractivity contribution in [3.63, 3.8) is 0 Å². The van der Waals surface area contributed by atoms with Crippen LogP contribution in [-0.4, -0.2) is 25.9 Å². The maximum atomic E-state index is 6.28. The summed E-state index contributed by atoms with van der Waals surface area (Å²) < 4.78 is 1.90. The molecule has 1 aliphatic carbocycles. The number of aromatic nitrogens is 4. The van der Waals surface area contributed by atoms with Crippen LogP contribution in [-0.2, 0) is 10.8 Å². The van der Waals surface area contributed by atoms with Gasteiger partial charge < -0.3 is 5.73 Å². The summed E-state index contributed by atoms with van der Waals surface area (Å²) in [7, 11) is 0. The van der Waals surface area contributed by atoms with E-state index in [0.717, 1.165) is 28.6 Å². The molecule has 104 valence electrons. The van der Waals surface area contributed by atoms with Crippen molar-refractivity contribution in [2.75, 3.05) is 0 Å². The van der Waals surface area contributed by atoms with Gasteiger partial charge in [-0.15, -0.1) is 10.2 Å². The van der Waals surface area contributed by atoms with Gasteiger partial charge >= 0.3 is 0 Å². The minimum atomic E-state index is -0.0521. The molecule has 0 radical (unpaired) electrons. The van der Waals surface area contributed by atoms with E-state index in [1.54, 1.807) is 11.3 Å². The molecule has 2 aromatic heterocycles. The Bertz CT molecular complexity index is 608. The zero-order valence-corrected chi connectivity index (χ0v) is 12.8. The lowest BCUT2D eigenvalue weighted by Gasteiger charge is -2.25. The normalized spacial score (nSPS) is 28.4. The predicted octanol–water partition coefficient (Wildman–Crippen LogP) is 2.25. The molecule has 0 spiro atoms. The molecule has 1 saturated carbocycles. The van der Waals surface area contributed by atoms with Crippen molar-refractivity contribution in [3.05, 3.63) is 10.8 Å². The molecule has 2 unspecified atom stereocenters. The van der Waals surface area contributed by atoms with E-state index in [9.17, 15) is 0 Å². The van der Waals surface area contributed by atoms with Crippen LogP contribution in [0.4, 0.5) is 0 Å². The van der Waals surface area contributed by atoms with Gasteiger partial charge in [-0.2, -0.15) is 9.61 Å². The number of nitrogens with zero attached hydrogens (tertiary/aromatic N) is 4. The second-order valence-electron chi connectivity index (χ2n) is 6.79. The first-order valence-electron chi connectivity index (χ1n) is 6.81. The maximum Gasteiger partial charge on any atom is 0.234 e. The van der Waals surface area contributed by atoms with Crippen LogP contribution >= 0.6 is 11.3 Å². The first-order chi connectivity index (χ1) is 8.82. The highest BCUT2D eigenvalue weighted by atomic mass is 32.1. The molecular formula is C13H21N5S. The van der Waals surface area contributed by atoms with E-state index in [1.165, 1.54) is 6.42 Å². The van der Waals surface area contributed by atoms with Crippen molar-refractivity contribution >= 4 is 16.3 Å². The molecule has 0 aliphatic heterocycles. The first kappa shape index (κ1) is 13.0. The molecule has 0 aromatic carbocycles. The molecular weight excluding hydrogens is 258 g/mol. The summed E-state index contributed by atoms with van der Waals surface area (Å²) in [4.78, 5) is 0.875. The summed E-state index contributed by atoms with van der Waals surface area (Å²) in [6.45, 7) is 8.62. The summed E-state index contributed by atoms with van der Waals surface area (Å²) in [5.74, 6) is 0.917. The van der Waals surface area contributed by atoms with Crippen molar-refractivity contribution in [2.45, 2.75) is 63.8 Å². The first-order valence-corrected chi connectivity index (χ1v) is 7.63. The Balaban J connectivity index is 2.10. The van der Waals surface area contributed by atoms with Crippen molar-refractivity contribution < 1.29 is 0 Å². The van der Waals surface area contributed by atoms with Crippen LogP contribution in [0, 0.1) is 0 Å². The van der Waals surface area contributed by atoms with Gasteiger partial charge in [-0.1, -0.05) is 45.5 Å². The van der Waals surface area contributed by atoms with Gasteiger partial charge in [-0.05, 0) is 12.8 Å². The van der Waals surface area contributed by atoms with Crippen LogP contribution < -0.4 is 5.73 Å². The largest absolute Gasteiger partial charge is 0.327 e. The molecule has 3 rings (SSSR count). The SMILES string of the molecule is CC(C)(C)c1nnc2sc(C3(C)CCCC3N)nn12. The fraction of sp³-hybridized carbons (Fsp3) is 0.769. The standard InChI is InChI=1S/C13H21N5S/c1-12(2,3)9-15-16-11-18(9)17-10(19-11)13(4)7-5-6-8(13)14/h8H,5-7,14H2,1-4H3. The lowest BCUT2D eigenvalue weighted by atomic mass is 9.86. The average molecular weight is 279 g/mol. The number of rotatable bonds is 1. The predicted molar refractivity (Wildman–Crippen MR) is 76.5 cm³/mol. The molecule has 0 saturated heterocycles. The van der Waals surface area contributed by atoms with Crippen LogP contribution in [0.2, 0.25) is 0 Å². The second-order valence-corrected chi connectivity index (χ2v) is 7.75. The van der Waals surface area contributed by atoms with Crippen LogP contribution in [0.1, 0.15) is 57.8 Å². The van der Waals surface area contributed by atoms with Gasteiger partial charge in [0.2, 0.25) is 4.96 Å². The Hall–Kier alpha value is -1.01. The fourth-order valence-corrected chi connectivity index (χ4v) is 3.85. The Morgan fingerprint density at radius 1 is 1.37 bits per heavy atom. The zero-order chi connectivity index (χ0) is 13.8. The minimum absolute atomic E-state index is 0.000517. The Kier molecular flexibility index (Phi) is 2.73. The highest BCUT2D eigenvalue weighted by Crippen LogP contribution is 2.41. The summed E-state index contributed by atoms with van der Waals surface area (Å²) in [6, 6.07) is 0.203. The van der Waals surface area contributed by atoms with Crippen molar-refractivity contribution in [2.24, 2.45) is 5.73 Å². The summed E-state index contributed by atoms with van der Waals surface area (Å²) in [5, 5.41) is 14.4. The smallest absolute Gasteiger partial charge is 0.234 e. The number of hydrogen-bond donors (Lipinski definition) is 1. The molecule has 0 amide bonds. The number of nitrogens with two attached hydrogens (primary N) is 1. The van der Waals surface area contributed by atoms with E-state index in [1.807, 2.05) is 4.52 Å². The fourth-order valence-electron chi connectivity index (χ4n) is 2.77. The maximum absolute atomic E-state index is 6.28. The van der Waals surface area contributed by atoms with E-state index < -0.39 is 0 Å². The van der Waals surface area contributed by atoms with Crippen molar-refractivity contribution in [1.29, 1.82) is 0 Å². The zero-order valence-electron chi connectivity index (χ0n) is 12.0. The molecule has 5 nitrogen and oxygen atoms in total. The van der Waals surface area contributed by atoms with Gasteiger partial charge in [0.1, 0.15) is 5.01 Å². The van der Waals surface area contributed by atoms with E-state index >= 15 is 0 Å². The summed E-state index contributed by atoms with van der Waals surface area (Å²) in [6.07, 6.45) is 3.38. The van der Waals surface area contributed by atoms with Crippen LogP contribution in [0.3, 0.4) is 0 Å². The topological polar surface area (TPSA) is 69.1 Å². The van der Waals surface area contributed by atoms with E-state index in [0.29, 0.717) is 0 Å². The highest BCUT2D eigenvalue weighted by Gasteiger charge is 2.41. The van der Waals surface area contributed by atoms with Gasteiger partial charge in [-0.3, -0.25) is 0 Å². The minimum Gasteiger partial charge on any atom is -0.327 e. The molecule has 2 atom stereocenters. The molecule has 2 N–H and O–H groups in total. The van der Waals surface area contributed by atoms with E-state index in [-0.39, 0.29) is 16.9 Å². The van der Waals surface area contributed by atoms with Gasteiger partial charge in [0, 0.05) is 16.9 Å². The summed E-state index contributed by atoms with van der Waals surface area (Å²) >= 11 is 1.63. The second kappa shape index (κ2) is 3.99. The van der Waals surface area contributed by atoms with Gasteiger partial charge in [0.15, 0.2) is 5.82 Å². The Labute approximate surface area is 117 Å². The Morgan fingerprint density at radius 2 is 2.11 bits per heavy atom. The van der Waals surface area contributed by atoms with Gasteiger partial charge in [0.25, 0.3) is 0 Å². The quantitative estimate of drug-likeness (QED) is 0.869. The lowest BCUT2D eigenvalue weighted by Crippen LogP contribution is -2.38. The number of fused-ring (bicyclic) bond motifs is 1. The Morgan fingerprint density at radius 3 is 2.68 bits per heavy atom. The molecule has 2 heterocycles. The molecule has 1 aliphatic rings. The third kappa shape index (κ3) is 1.89. The molecule has 6 heteroatoms. The molecule has 19 heavy (non-hydrogen) atoms. The monoisotopic (exact) mass is 279 g/mol. The van der Waals surface area contributed by atoms with Crippen molar-refractivity contribution in [1.82, 2.24) is 19.8 Å². The molecule has 0 bridgehead atoms. The van der Waals surface area contributed by atoms with Crippen LogP contribution in [0.25, 0.3) is 4.96 Å². The highest BCUT2D eigenvalue weighted by molar-refractivity contribution is 7.16. The van der Waals surface area contributed by atoms with Crippen LogP contribution in [0.15, 0.2) is 0 Å². The molecule has 1 fully saturated rings. The van der Waals surface area contributed by atoms with Gasteiger partial charge in [0.05, 0.1) is 0 Å². The molecule has 2 aromatic rings. The van der Waals surface area contributed by atoms with Crippen LogP contribution in [0.5, 0.6) is 0 Å². The average Bonchev–Trinajstić information content (AvgIpc) is 2.91. The van der Waals surface area contributed by atoms with Gasteiger partial charge in [-0.25, -0.2) is 0 Å². The third-order valence-corrected chi connectivity index (χ3v) is 5.36. The van der Waals surface area contributed by atoms with E-state index in [4.69, 9.17) is 10.8 Å². The third-order valence-electron chi connectivity index (χ3n) is 4.18.